The normalized spacial score (nSPS) is 17.2. The number of carbonyl (C=O) groups excluding carboxylic acids is 1. The van der Waals surface area contributed by atoms with Crippen LogP contribution in [-0.4, -0.2) is 76.1 Å². The molecule has 2 rings (SSSR count). The van der Waals surface area contributed by atoms with Crippen LogP contribution in [0.2, 0.25) is 0 Å². The zero-order chi connectivity index (χ0) is 22.1. The molecule has 0 spiro atoms. The quantitative estimate of drug-likeness (QED) is 0.196. The Morgan fingerprint density at radius 1 is 1.23 bits per heavy atom. The fourth-order valence-electron chi connectivity index (χ4n) is 3.33. The summed E-state index contributed by atoms with van der Waals surface area (Å²) in [4.78, 5) is 18.9. The highest BCUT2D eigenvalue weighted by Crippen LogP contribution is 2.15. The van der Waals surface area contributed by atoms with E-state index >= 15 is 0 Å². The zero-order valence-electron chi connectivity index (χ0n) is 19.7. The highest BCUT2D eigenvalue weighted by Gasteiger charge is 2.23. The lowest BCUT2D eigenvalue weighted by Gasteiger charge is -2.24. The zero-order valence-corrected chi connectivity index (χ0v) is 22.0. The summed E-state index contributed by atoms with van der Waals surface area (Å²) < 4.78 is 7.19. The summed E-state index contributed by atoms with van der Waals surface area (Å²) in [7, 11) is 1.93. The van der Waals surface area contributed by atoms with E-state index in [9.17, 15) is 4.79 Å². The Kier molecular flexibility index (Phi) is 11.5. The molecule has 1 aromatic heterocycles. The number of rotatable bonds is 8. The van der Waals surface area contributed by atoms with E-state index in [0.717, 1.165) is 31.3 Å². The van der Waals surface area contributed by atoms with Gasteiger partial charge in [0.15, 0.2) is 11.8 Å². The van der Waals surface area contributed by atoms with Gasteiger partial charge in [-0.2, -0.15) is 0 Å². The molecule has 1 atom stereocenters. The summed E-state index contributed by atoms with van der Waals surface area (Å²) in [6.45, 7) is 14.1. The minimum Gasteiger partial charge on any atom is -0.444 e. The van der Waals surface area contributed by atoms with Gasteiger partial charge in [-0.1, -0.05) is 6.92 Å². The molecule has 3 N–H and O–H groups in total. The maximum atomic E-state index is 11.8. The summed E-state index contributed by atoms with van der Waals surface area (Å²) in [5.41, 5.74) is -0.508. The van der Waals surface area contributed by atoms with E-state index in [4.69, 9.17) is 4.74 Å². The van der Waals surface area contributed by atoms with Crippen molar-refractivity contribution < 1.29 is 9.53 Å². The Morgan fingerprint density at radius 2 is 1.94 bits per heavy atom. The number of aromatic nitrogens is 3. The maximum Gasteiger partial charge on any atom is 0.407 e. The van der Waals surface area contributed by atoms with E-state index in [-0.39, 0.29) is 24.0 Å². The van der Waals surface area contributed by atoms with Gasteiger partial charge in [0.25, 0.3) is 0 Å². The minimum atomic E-state index is -0.508. The molecule has 0 aliphatic carbocycles. The fourth-order valence-corrected chi connectivity index (χ4v) is 3.33. The molecule has 10 nitrogen and oxygen atoms in total. The van der Waals surface area contributed by atoms with Crippen LogP contribution in [0.4, 0.5) is 4.79 Å². The molecule has 0 radical (unpaired) electrons. The molecule has 178 valence electrons. The van der Waals surface area contributed by atoms with Crippen LogP contribution in [0.25, 0.3) is 0 Å². The van der Waals surface area contributed by atoms with Crippen molar-refractivity contribution in [3.8, 4) is 0 Å². The average molecular weight is 550 g/mol. The first kappa shape index (κ1) is 27.4. The van der Waals surface area contributed by atoms with Crippen LogP contribution < -0.4 is 16.0 Å². The van der Waals surface area contributed by atoms with Crippen molar-refractivity contribution in [2.45, 2.75) is 65.6 Å². The molecule has 2 heterocycles. The van der Waals surface area contributed by atoms with Crippen LogP contribution in [0.1, 0.15) is 52.2 Å². The van der Waals surface area contributed by atoms with E-state index < -0.39 is 11.7 Å². The third kappa shape index (κ3) is 9.58. The first-order valence-electron chi connectivity index (χ1n) is 10.8. The lowest BCUT2D eigenvalue weighted by Crippen LogP contribution is -2.46. The van der Waals surface area contributed by atoms with E-state index in [0.29, 0.717) is 31.6 Å². The van der Waals surface area contributed by atoms with Gasteiger partial charge in [-0.3, -0.25) is 4.90 Å². The number of hydrogen-bond donors (Lipinski definition) is 3. The molecule has 11 heteroatoms. The second kappa shape index (κ2) is 13.0. The largest absolute Gasteiger partial charge is 0.444 e. The summed E-state index contributed by atoms with van der Waals surface area (Å²) in [6, 6.07) is 0.513. The predicted molar refractivity (Wildman–Crippen MR) is 133 cm³/mol. The standard InChI is InChI=1S/C20H38N8O2.HI/c1-7-28-12-8-9-16(28)13-23-18(24-14-17-26-25-15(2)27(17)6)21-10-11-22-19(29)30-20(3,4)5;/h16H,7-14H2,1-6H3,(H,22,29)(H2,21,23,24);1H. The molecule has 1 unspecified atom stereocenters. The number of carbonyl (C=O) groups is 1. The maximum absolute atomic E-state index is 11.8. The van der Waals surface area contributed by atoms with Crippen LogP contribution >= 0.6 is 24.0 Å². The number of amides is 1. The molecule has 0 bridgehead atoms. The van der Waals surface area contributed by atoms with E-state index in [2.05, 4.69) is 43.0 Å². The number of likely N-dealkylation sites (tertiary alicyclic amines) is 1. The van der Waals surface area contributed by atoms with Crippen molar-refractivity contribution in [2.24, 2.45) is 12.0 Å². The van der Waals surface area contributed by atoms with Crippen LogP contribution in [-0.2, 0) is 18.3 Å². The summed E-state index contributed by atoms with van der Waals surface area (Å²) in [5, 5.41) is 17.7. The van der Waals surface area contributed by atoms with Gasteiger partial charge in [-0.25, -0.2) is 9.79 Å². The lowest BCUT2D eigenvalue weighted by atomic mass is 10.2. The lowest BCUT2D eigenvalue weighted by molar-refractivity contribution is 0.0529. The van der Waals surface area contributed by atoms with Crippen molar-refractivity contribution in [1.82, 2.24) is 35.6 Å². The number of alkyl carbamates (subject to hydrolysis) is 1. The van der Waals surface area contributed by atoms with Crippen LogP contribution in [0, 0.1) is 6.92 Å². The number of halogens is 1. The molecule has 0 saturated carbocycles. The second-order valence-electron chi connectivity index (χ2n) is 8.55. The van der Waals surface area contributed by atoms with Crippen LogP contribution in [0.5, 0.6) is 0 Å². The molecule has 0 aromatic carbocycles. The van der Waals surface area contributed by atoms with E-state index in [1.54, 1.807) is 0 Å². The van der Waals surface area contributed by atoms with Gasteiger partial charge >= 0.3 is 6.09 Å². The number of hydrogen-bond acceptors (Lipinski definition) is 6. The molecule has 1 amide bonds. The van der Waals surface area contributed by atoms with Gasteiger partial charge in [0.05, 0.1) is 0 Å². The molecular formula is C20H39IN8O2. The van der Waals surface area contributed by atoms with Crippen molar-refractivity contribution >= 4 is 36.0 Å². The Labute approximate surface area is 203 Å². The SMILES string of the molecule is CCN1CCCC1CNC(=NCc1nnc(C)n1C)NCCNC(=O)OC(C)(C)C.I. The van der Waals surface area contributed by atoms with Crippen molar-refractivity contribution in [3.05, 3.63) is 11.6 Å². The summed E-state index contributed by atoms with van der Waals surface area (Å²) >= 11 is 0. The Morgan fingerprint density at radius 3 is 2.55 bits per heavy atom. The summed E-state index contributed by atoms with van der Waals surface area (Å²) in [5.74, 6) is 2.36. The van der Waals surface area contributed by atoms with Gasteiger partial charge in [0.1, 0.15) is 18.0 Å². The number of likely N-dealkylation sites (N-methyl/N-ethyl adjacent to an activating group) is 1. The monoisotopic (exact) mass is 550 g/mol. The minimum absolute atomic E-state index is 0. The first-order chi connectivity index (χ1) is 14.2. The van der Waals surface area contributed by atoms with Gasteiger partial charge in [0, 0.05) is 32.7 Å². The number of guanidine groups is 1. The summed E-state index contributed by atoms with van der Waals surface area (Å²) in [6.07, 6.45) is 2.00. The van der Waals surface area contributed by atoms with Crippen LogP contribution in [0.3, 0.4) is 0 Å². The Balaban J connectivity index is 0.00000480. The smallest absolute Gasteiger partial charge is 0.407 e. The number of aliphatic imine (C=N–C) groups is 1. The van der Waals surface area contributed by atoms with Crippen LogP contribution in [0.15, 0.2) is 4.99 Å². The third-order valence-electron chi connectivity index (χ3n) is 5.06. The topological polar surface area (TPSA) is 109 Å². The van der Waals surface area contributed by atoms with Crippen molar-refractivity contribution in [1.29, 1.82) is 0 Å². The Hall–Kier alpha value is -1.63. The van der Waals surface area contributed by atoms with Crippen molar-refractivity contribution in [3.63, 3.8) is 0 Å². The number of nitrogens with one attached hydrogen (secondary N) is 3. The highest BCUT2D eigenvalue weighted by atomic mass is 127. The molecule has 1 aliphatic rings. The predicted octanol–water partition coefficient (Wildman–Crippen LogP) is 1.79. The van der Waals surface area contributed by atoms with Gasteiger partial charge < -0.3 is 25.3 Å². The molecule has 1 saturated heterocycles. The Bertz CT molecular complexity index is 717. The van der Waals surface area contributed by atoms with Gasteiger partial charge in [-0.15, -0.1) is 34.2 Å². The number of aryl methyl sites for hydroxylation is 1. The molecule has 1 fully saturated rings. The average Bonchev–Trinajstić information content (AvgIpc) is 3.26. The molecule has 1 aromatic rings. The molecule has 31 heavy (non-hydrogen) atoms. The molecule has 1 aliphatic heterocycles. The molecular weight excluding hydrogens is 511 g/mol. The number of ether oxygens (including phenoxy) is 1. The van der Waals surface area contributed by atoms with E-state index in [1.807, 2.05) is 39.3 Å². The highest BCUT2D eigenvalue weighted by molar-refractivity contribution is 14.0. The fraction of sp³-hybridized carbons (Fsp3) is 0.800. The number of nitrogens with zero attached hydrogens (tertiary/aromatic N) is 5. The van der Waals surface area contributed by atoms with Crippen molar-refractivity contribution in [2.75, 3.05) is 32.7 Å². The van der Waals surface area contributed by atoms with Gasteiger partial charge in [0.2, 0.25) is 0 Å². The van der Waals surface area contributed by atoms with Gasteiger partial charge in [-0.05, 0) is 53.6 Å². The second-order valence-corrected chi connectivity index (χ2v) is 8.55. The first-order valence-corrected chi connectivity index (χ1v) is 10.8. The van der Waals surface area contributed by atoms with E-state index in [1.165, 1.54) is 12.8 Å². The third-order valence-corrected chi connectivity index (χ3v) is 5.06.